The van der Waals surface area contributed by atoms with Crippen LogP contribution in [0.25, 0.3) is 0 Å². The van der Waals surface area contributed by atoms with Gasteiger partial charge >= 0.3 is 16.2 Å². The zero-order chi connectivity index (χ0) is 15.5. The van der Waals surface area contributed by atoms with Crippen LogP contribution < -0.4 is 4.72 Å². The predicted molar refractivity (Wildman–Crippen MR) is 75.9 cm³/mol. The number of carbonyl (C=O) groups excluding carboxylic acids is 1. The lowest BCUT2D eigenvalue weighted by Gasteiger charge is -2.29. The highest BCUT2D eigenvalue weighted by atomic mass is 35.5. The summed E-state index contributed by atoms with van der Waals surface area (Å²) < 4.78 is 32.6. The number of nitrogens with zero attached hydrogens (tertiary/aromatic N) is 3. The molecule has 0 aliphatic carbocycles. The van der Waals surface area contributed by atoms with Gasteiger partial charge in [-0.05, 0) is 12.8 Å². The highest BCUT2D eigenvalue weighted by molar-refractivity contribution is 7.90. The molecule has 1 aliphatic rings. The SMILES string of the molecule is COC(=O)C1CCN(S(=O)(=O)Nc2cnc(Cl)cn2)CC1. The first-order valence-electron chi connectivity index (χ1n) is 6.25. The molecule has 1 saturated heterocycles. The quantitative estimate of drug-likeness (QED) is 0.812. The Morgan fingerprint density at radius 2 is 2.05 bits per heavy atom. The molecule has 0 spiro atoms. The van der Waals surface area contributed by atoms with Gasteiger partial charge in [0.15, 0.2) is 5.82 Å². The molecule has 0 bridgehead atoms. The summed E-state index contributed by atoms with van der Waals surface area (Å²) in [6, 6.07) is 0. The normalized spacial score (nSPS) is 17.4. The van der Waals surface area contributed by atoms with E-state index in [1.165, 1.54) is 23.8 Å². The molecule has 0 amide bonds. The fourth-order valence-corrected chi connectivity index (χ4v) is 3.35. The topological polar surface area (TPSA) is 101 Å². The third kappa shape index (κ3) is 4.02. The molecule has 0 unspecified atom stereocenters. The first kappa shape index (κ1) is 15.9. The van der Waals surface area contributed by atoms with E-state index in [0.29, 0.717) is 12.8 Å². The van der Waals surface area contributed by atoms with Crippen LogP contribution in [0.15, 0.2) is 12.4 Å². The molecule has 1 N–H and O–H groups in total. The van der Waals surface area contributed by atoms with Crippen LogP contribution in [0.1, 0.15) is 12.8 Å². The second-order valence-electron chi connectivity index (χ2n) is 4.53. The Morgan fingerprint density at radius 3 is 2.57 bits per heavy atom. The van der Waals surface area contributed by atoms with E-state index < -0.39 is 10.2 Å². The highest BCUT2D eigenvalue weighted by Crippen LogP contribution is 2.21. The van der Waals surface area contributed by atoms with E-state index in [0.717, 1.165) is 0 Å². The Morgan fingerprint density at radius 1 is 1.38 bits per heavy atom. The Labute approximate surface area is 127 Å². The van der Waals surface area contributed by atoms with Gasteiger partial charge in [0.1, 0.15) is 5.15 Å². The molecular weight excluding hydrogens is 320 g/mol. The summed E-state index contributed by atoms with van der Waals surface area (Å²) in [4.78, 5) is 19.0. The number of aromatic nitrogens is 2. The van der Waals surface area contributed by atoms with E-state index in [1.807, 2.05) is 0 Å². The van der Waals surface area contributed by atoms with Crippen molar-refractivity contribution in [3.8, 4) is 0 Å². The molecular formula is C11H15ClN4O4S. The van der Waals surface area contributed by atoms with Crippen LogP contribution in [0.2, 0.25) is 5.15 Å². The highest BCUT2D eigenvalue weighted by Gasteiger charge is 2.31. The van der Waals surface area contributed by atoms with Gasteiger partial charge in [0, 0.05) is 13.1 Å². The number of esters is 1. The van der Waals surface area contributed by atoms with Crippen LogP contribution in [-0.4, -0.2) is 48.9 Å². The lowest BCUT2D eigenvalue weighted by atomic mass is 9.99. The van der Waals surface area contributed by atoms with Crippen molar-refractivity contribution in [1.82, 2.24) is 14.3 Å². The first-order valence-corrected chi connectivity index (χ1v) is 8.07. The van der Waals surface area contributed by atoms with E-state index >= 15 is 0 Å². The van der Waals surface area contributed by atoms with Gasteiger partial charge in [-0.15, -0.1) is 0 Å². The average molecular weight is 335 g/mol. The van der Waals surface area contributed by atoms with Crippen molar-refractivity contribution in [3.63, 3.8) is 0 Å². The maximum Gasteiger partial charge on any atom is 0.308 e. The number of halogens is 1. The summed E-state index contributed by atoms with van der Waals surface area (Å²) in [6.07, 6.45) is 3.35. The minimum Gasteiger partial charge on any atom is -0.469 e. The van der Waals surface area contributed by atoms with Crippen LogP contribution >= 0.6 is 11.6 Å². The van der Waals surface area contributed by atoms with Crippen LogP contribution in [0.3, 0.4) is 0 Å². The molecule has 1 aromatic heterocycles. The Kier molecular flexibility index (Phi) is 4.96. The van der Waals surface area contributed by atoms with Gasteiger partial charge in [-0.2, -0.15) is 12.7 Å². The monoisotopic (exact) mass is 334 g/mol. The second-order valence-corrected chi connectivity index (χ2v) is 6.59. The molecule has 21 heavy (non-hydrogen) atoms. The molecule has 0 atom stereocenters. The first-order chi connectivity index (χ1) is 9.92. The molecule has 2 heterocycles. The van der Waals surface area contributed by atoms with E-state index in [-0.39, 0.29) is 35.9 Å². The zero-order valence-corrected chi connectivity index (χ0v) is 12.9. The maximum atomic E-state index is 12.2. The van der Waals surface area contributed by atoms with Gasteiger partial charge < -0.3 is 4.74 Å². The Balaban J connectivity index is 1.98. The summed E-state index contributed by atoms with van der Waals surface area (Å²) in [6.45, 7) is 0.492. The van der Waals surface area contributed by atoms with Crippen LogP contribution in [0, 0.1) is 5.92 Å². The van der Waals surface area contributed by atoms with Crippen molar-refractivity contribution in [1.29, 1.82) is 0 Å². The third-order valence-electron chi connectivity index (χ3n) is 3.18. The maximum absolute atomic E-state index is 12.2. The number of rotatable bonds is 4. The molecule has 116 valence electrons. The molecule has 0 radical (unpaired) electrons. The molecule has 10 heteroatoms. The number of nitrogens with one attached hydrogen (secondary N) is 1. The smallest absolute Gasteiger partial charge is 0.308 e. The van der Waals surface area contributed by atoms with Gasteiger partial charge in [-0.25, -0.2) is 9.97 Å². The van der Waals surface area contributed by atoms with Crippen molar-refractivity contribution in [2.24, 2.45) is 5.92 Å². The molecule has 1 fully saturated rings. The fourth-order valence-electron chi connectivity index (χ4n) is 2.06. The van der Waals surface area contributed by atoms with Crippen LogP contribution in [-0.2, 0) is 19.7 Å². The number of methoxy groups -OCH3 is 1. The average Bonchev–Trinajstić information content (AvgIpc) is 2.49. The van der Waals surface area contributed by atoms with Crippen molar-refractivity contribution in [3.05, 3.63) is 17.5 Å². The number of ether oxygens (including phenoxy) is 1. The molecule has 1 aliphatic heterocycles. The minimum absolute atomic E-state index is 0.0921. The van der Waals surface area contributed by atoms with Crippen molar-refractivity contribution in [2.75, 3.05) is 24.9 Å². The lowest BCUT2D eigenvalue weighted by molar-refractivity contribution is -0.146. The zero-order valence-electron chi connectivity index (χ0n) is 11.3. The van der Waals surface area contributed by atoms with Gasteiger partial charge in [0.05, 0.1) is 25.4 Å². The van der Waals surface area contributed by atoms with E-state index in [2.05, 4.69) is 19.4 Å². The largest absolute Gasteiger partial charge is 0.469 e. The molecule has 2 rings (SSSR count). The summed E-state index contributed by atoms with van der Waals surface area (Å²) in [5.41, 5.74) is 0. The van der Waals surface area contributed by atoms with Gasteiger partial charge in [-0.3, -0.25) is 9.52 Å². The van der Waals surface area contributed by atoms with E-state index in [1.54, 1.807) is 0 Å². The molecule has 0 saturated carbocycles. The summed E-state index contributed by atoms with van der Waals surface area (Å²) in [5, 5.41) is 0.178. The molecule has 0 aromatic carbocycles. The summed E-state index contributed by atoms with van der Waals surface area (Å²) in [7, 11) is -2.39. The number of hydrogen-bond donors (Lipinski definition) is 1. The van der Waals surface area contributed by atoms with E-state index in [9.17, 15) is 13.2 Å². The summed E-state index contributed by atoms with van der Waals surface area (Å²) >= 11 is 5.59. The van der Waals surface area contributed by atoms with Crippen molar-refractivity contribution >= 4 is 33.6 Å². The van der Waals surface area contributed by atoms with Crippen molar-refractivity contribution < 1.29 is 17.9 Å². The number of anilines is 1. The Hall–Kier alpha value is -1.45. The number of hydrogen-bond acceptors (Lipinski definition) is 6. The summed E-state index contributed by atoms with van der Waals surface area (Å²) in [5.74, 6) is -0.463. The van der Waals surface area contributed by atoms with Crippen LogP contribution in [0.4, 0.5) is 5.82 Å². The Bertz CT molecular complexity index is 599. The molecule has 1 aromatic rings. The van der Waals surface area contributed by atoms with Gasteiger partial charge in [-0.1, -0.05) is 11.6 Å². The predicted octanol–water partition coefficient (Wildman–Crippen LogP) is 0.672. The van der Waals surface area contributed by atoms with Crippen molar-refractivity contribution in [2.45, 2.75) is 12.8 Å². The van der Waals surface area contributed by atoms with Gasteiger partial charge in [0.25, 0.3) is 0 Å². The fraction of sp³-hybridized carbons (Fsp3) is 0.545. The second kappa shape index (κ2) is 6.54. The van der Waals surface area contributed by atoms with E-state index in [4.69, 9.17) is 11.6 Å². The number of carbonyl (C=O) groups is 1. The third-order valence-corrected chi connectivity index (χ3v) is 4.89. The van der Waals surface area contributed by atoms with Gasteiger partial charge in [0.2, 0.25) is 0 Å². The molecule has 8 nitrogen and oxygen atoms in total. The lowest BCUT2D eigenvalue weighted by Crippen LogP contribution is -2.43. The number of piperidine rings is 1. The minimum atomic E-state index is -3.72. The standard InChI is InChI=1S/C11H15ClN4O4S/c1-20-11(17)8-2-4-16(5-3-8)21(18,19)15-10-7-13-9(12)6-14-10/h6-8H,2-5H2,1H3,(H,14,15). The van der Waals surface area contributed by atoms with Crippen LogP contribution in [0.5, 0.6) is 0 Å².